The Morgan fingerprint density at radius 3 is 2.75 bits per heavy atom. The normalized spacial score (nSPS) is 11.7. The summed E-state index contributed by atoms with van der Waals surface area (Å²) in [5, 5.41) is 0.720. The lowest BCUT2D eigenvalue weighted by molar-refractivity contribution is 0.576. The molecular formula is C10H13BrFNO2S. The number of hydrogen-bond acceptors (Lipinski definition) is 2. The van der Waals surface area contributed by atoms with Gasteiger partial charge in [0.2, 0.25) is 10.0 Å². The summed E-state index contributed by atoms with van der Waals surface area (Å²) in [6.45, 7) is 1.97. The number of benzene rings is 1. The molecule has 0 unspecified atom stereocenters. The fourth-order valence-electron chi connectivity index (χ4n) is 1.21. The second-order valence-electron chi connectivity index (χ2n) is 3.35. The van der Waals surface area contributed by atoms with Crippen LogP contribution < -0.4 is 4.72 Å². The van der Waals surface area contributed by atoms with E-state index in [1.165, 1.54) is 12.1 Å². The number of alkyl halides is 1. The zero-order valence-corrected chi connectivity index (χ0v) is 11.2. The van der Waals surface area contributed by atoms with Crippen molar-refractivity contribution < 1.29 is 12.8 Å². The van der Waals surface area contributed by atoms with E-state index < -0.39 is 15.8 Å². The maximum absolute atomic E-state index is 13.0. The first-order valence-electron chi connectivity index (χ1n) is 4.79. The highest BCUT2D eigenvalue weighted by Crippen LogP contribution is 2.15. The number of halogens is 2. The summed E-state index contributed by atoms with van der Waals surface area (Å²) in [5.74, 6) is -0.550. The first kappa shape index (κ1) is 13.6. The van der Waals surface area contributed by atoms with E-state index in [0.717, 1.165) is 11.4 Å². The Hall–Kier alpha value is -0.460. The summed E-state index contributed by atoms with van der Waals surface area (Å²) < 4.78 is 39.0. The maximum atomic E-state index is 13.0. The standard InChI is InChI=1S/C10H13BrFNO2S/c1-8-3-4-9(12)7-10(8)16(14,15)13-6-2-5-11/h3-4,7,13H,2,5-6H2,1H3. The van der Waals surface area contributed by atoms with Crippen LogP contribution in [-0.4, -0.2) is 20.3 Å². The molecule has 0 radical (unpaired) electrons. The summed E-state index contributed by atoms with van der Waals surface area (Å²) in [5.41, 5.74) is 0.535. The van der Waals surface area contributed by atoms with Crippen molar-refractivity contribution in [2.24, 2.45) is 0 Å². The van der Waals surface area contributed by atoms with Crippen LogP contribution in [0.3, 0.4) is 0 Å². The molecule has 3 nitrogen and oxygen atoms in total. The van der Waals surface area contributed by atoms with Crippen LogP contribution in [0.15, 0.2) is 23.1 Å². The van der Waals surface area contributed by atoms with Gasteiger partial charge in [0.25, 0.3) is 0 Å². The molecule has 0 bridgehead atoms. The Kier molecular flexibility index (Phi) is 4.89. The van der Waals surface area contributed by atoms with E-state index in [4.69, 9.17) is 0 Å². The van der Waals surface area contributed by atoms with Crippen LogP contribution in [-0.2, 0) is 10.0 Å². The van der Waals surface area contributed by atoms with Gasteiger partial charge >= 0.3 is 0 Å². The van der Waals surface area contributed by atoms with E-state index in [0.29, 0.717) is 18.5 Å². The van der Waals surface area contributed by atoms with Crippen LogP contribution in [0, 0.1) is 12.7 Å². The largest absolute Gasteiger partial charge is 0.240 e. The van der Waals surface area contributed by atoms with Gasteiger partial charge in [0.05, 0.1) is 4.90 Å². The van der Waals surface area contributed by atoms with Crippen molar-refractivity contribution in [3.05, 3.63) is 29.6 Å². The molecule has 1 aromatic rings. The molecule has 0 saturated carbocycles. The van der Waals surface area contributed by atoms with Gasteiger partial charge in [-0.2, -0.15) is 0 Å². The highest BCUT2D eigenvalue weighted by Gasteiger charge is 2.16. The fourth-order valence-corrected chi connectivity index (χ4v) is 2.82. The first-order valence-corrected chi connectivity index (χ1v) is 7.39. The lowest BCUT2D eigenvalue weighted by atomic mass is 10.2. The molecule has 1 aromatic carbocycles. The van der Waals surface area contributed by atoms with Crippen molar-refractivity contribution in [3.63, 3.8) is 0 Å². The van der Waals surface area contributed by atoms with E-state index in [1.54, 1.807) is 6.92 Å². The van der Waals surface area contributed by atoms with E-state index in [9.17, 15) is 12.8 Å². The zero-order valence-electron chi connectivity index (χ0n) is 8.83. The van der Waals surface area contributed by atoms with Crippen LogP contribution in [0.2, 0.25) is 0 Å². The van der Waals surface area contributed by atoms with E-state index in [2.05, 4.69) is 20.7 Å². The third kappa shape index (κ3) is 3.54. The van der Waals surface area contributed by atoms with Gasteiger partial charge in [-0.3, -0.25) is 0 Å². The number of hydrogen-bond donors (Lipinski definition) is 1. The molecule has 0 spiro atoms. The zero-order chi connectivity index (χ0) is 12.2. The summed E-state index contributed by atoms with van der Waals surface area (Å²) in [6.07, 6.45) is 0.688. The van der Waals surface area contributed by atoms with Gasteiger partial charge in [-0.05, 0) is 31.0 Å². The Bertz CT molecular complexity index is 462. The monoisotopic (exact) mass is 309 g/mol. The minimum Gasteiger partial charge on any atom is -0.211 e. The molecule has 1 N–H and O–H groups in total. The van der Waals surface area contributed by atoms with E-state index in [-0.39, 0.29) is 4.90 Å². The molecular weight excluding hydrogens is 297 g/mol. The predicted molar refractivity (Wildman–Crippen MR) is 64.7 cm³/mol. The maximum Gasteiger partial charge on any atom is 0.240 e. The summed E-state index contributed by atoms with van der Waals surface area (Å²) in [7, 11) is -3.60. The van der Waals surface area contributed by atoms with Gasteiger partial charge in [0.1, 0.15) is 5.82 Å². The number of nitrogens with one attached hydrogen (secondary N) is 1. The highest BCUT2D eigenvalue weighted by atomic mass is 79.9. The Morgan fingerprint density at radius 1 is 1.44 bits per heavy atom. The average molecular weight is 310 g/mol. The Balaban J connectivity index is 2.93. The van der Waals surface area contributed by atoms with Gasteiger partial charge in [0, 0.05) is 11.9 Å². The van der Waals surface area contributed by atoms with E-state index >= 15 is 0 Å². The fraction of sp³-hybridized carbons (Fsp3) is 0.400. The molecule has 16 heavy (non-hydrogen) atoms. The molecule has 0 aliphatic carbocycles. The third-order valence-corrected chi connectivity index (χ3v) is 4.21. The topological polar surface area (TPSA) is 46.2 Å². The number of sulfonamides is 1. The van der Waals surface area contributed by atoms with E-state index in [1.807, 2.05) is 0 Å². The molecule has 1 rings (SSSR count). The minimum absolute atomic E-state index is 0.00192. The van der Waals surface area contributed by atoms with Crippen molar-refractivity contribution in [3.8, 4) is 0 Å². The molecule has 0 amide bonds. The van der Waals surface area contributed by atoms with Gasteiger partial charge in [0.15, 0.2) is 0 Å². The number of rotatable bonds is 5. The highest BCUT2D eigenvalue weighted by molar-refractivity contribution is 9.09. The molecule has 6 heteroatoms. The van der Waals surface area contributed by atoms with Crippen molar-refractivity contribution in [1.29, 1.82) is 0 Å². The van der Waals surface area contributed by atoms with Crippen molar-refractivity contribution in [2.75, 3.05) is 11.9 Å². The second-order valence-corrected chi connectivity index (χ2v) is 5.88. The summed E-state index contributed by atoms with van der Waals surface area (Å²) in [4.78, 5) is 0.00192. The van der Waals surface area contributed by atoms with Crippen molar-refractivity contribution in [2.45, 2.75) is 18.2 Å². The molecule has 0 aliphatic rings. The minimum atomic E-state index is -3.60. The predicted octanol–water partition coefficient (Wildman–Crippen LogP) is 2.20. The van der Waals surface area contributed by atoms with Crippen LogP contribution in [0.4, 0.5) is 4.39 Å². The molecule has 0 aromatic heterocycles. The SMILES string of the molecule is Cc1ccc(F)cc1S(=O)(=O)NCCCBr. The Morgan fingerprint density at radius 2 is 2.12 bits per heavy atom. The van der Waals surface area contributed by atoms with Crippen molar-refractivity contribution >= 4 is 26.0 Å². The smallest absolute Gasteiger partial charge is 0.211 e. The van der Waals surface area contributed by atoms with Gasteiger partial charge in [-0.25, -0.2) is 17.5 Å². The Labute approximate surface area is 103 Å². The van der Waals surface area contributed by atoms with Crippen LogP contribution >= 0.6 is 15.9 Å². The summed E-state index contributed by atoms with van der Waals surface area (Å²) >= 11 is 3.20. The van der Waals surface area contributed by atoms with Gasteiger partial charge < -0.3 is 0 Å². The quantitative estimate of drug-likeness (QED) is 0.669. The van der Waals surface area contributed by atoms with Crippen LogP contribution in [0.25, 0.3) is 0 Å². The molecule has 0 atom stereocenters. The lowest BCUT2D eigenvalue weighted by Gasteiger charge is -2.08. The molecule has 0 fully saturated rings. The van der Waals surface area contributed by atoms with Crippen LogP contribution in [0.1, 0.15) is 12.0 Å². The molecule has 0 saturated heterocycles. The van der Waals surface area contributed by atoms with Crippen LogP contribution in [0.5, 0.6) is 0 Å². The second kappa shape index (κ2) is 5.75. The first-order chi connectivity index (χ1) is 7.47. The lowest BCUT2D eigenvalue weighted by Crippen LogP contribution is -2.25. The molecule has 90 valence electrons. The summed E-state index contributed by atoms with van der Waals surface area (Å²) in [6, 6.07) is 3.73. The molecule has 0 heterocycles. The average Bonchev–Trinajstić information content (AvgIpc) is 2.22. The number of aryl methyl sites for hydroxylation is 1. The molecule has 0 aliphatic heterocycles. The van der Waals surface area contributed by atoms with Crippen molar-refractivity contribution in [1.82, 2.24) is 4.72 Å². The van der Waals surface area contributed by atoms with Gasteiger partial charge in [-0.1, -0.05) is 22.0 Å². The van der Waals surface area contributed by atoms with Gasteiger partial charge in [-0.15, -0.1) is 0 Å². The third-order valence-electron chi connectivity index (χ3n) is 2.04.